The van der Waals surface area contributed by atoms with Crippen molar-refractivity contribution >= 4 is 59.9 Å². The molecule has 12 heteroatoms. The minimum atomic E-state index is -3.91. The van der Waals surface area contributed by atoms with Gasteiger partial charge in [-0.25, -0.2) is 13.4 Å². The van der Waals surface area contributed by atoms with Crippen molar-refractivity contribution in [1.82, 2.24) is 9.97 Å². The maximum atomic E-state index is 13.9. The number of ether oxygens (including phenoxy) is 2. The number of anilines is 2. The fourth-order valence-corrected chi connectivity index (χ4v) is 6.27. The van der Waals surface area contributed by atoms with Crippen LogP contribution in [-0.2, 0) is 16.6 Å². The molecule has 0 saturated heterocycles. The number of fused-ring (bicyclic) bond motifs is 1. The molecular formula is C28H23ClN4O5S2. The number of hydrogen-bond acceptors (Lipinski definition) is 8. The van der Waals surface area contributed by atoms with Gasteiger partial charge in [0.1, 0.15) is 17.0 Å². The van der Waals surface area contributed by atoms with E-state index in [1.807, 2.05) is 6.07 Å². The monoisotopic (exact) mass is 594 g/mol. The zero-order valence-corrected chi connectivity index (χ0v) is 23.8. The minimum absolute atomic E-state index is 0.0588. The molecule has 1 N–H and O–H groups in total. The summed E-state index contributed by atoms with van der Waals surface area (Å²) in [5.41, 5.74) is 1.82. The van der Waals surface area contributed by atoms with Crippen LogP contribution in [0.2, 0.25) is 5.02 Å². The van der Waals surface area contributed by atoms with E-state index in [2.05, 4.69) is 9.71 Å². The lowest BCUT2D eigenvalue weighted by Gasteiger charge is -2.20. The summed E-state index contributed by atoms with van der Waals surface area (Å²) < 4.78 is 39.7. The maximum absolute atomic E-state index is 13.9. The van der Waals surface area contributed by atoms with Crippen molar-refractivity contribution in [3.05, 3.63) is 101 Å². The number of carbonyl (C=O) groups is 1. The number of pyridine rings is 1. The molecule has 0 saturated carbocycles. The fraction of sp³-hybridized carbons (Fsp3) is 0.107. The number of methoxy groups -OCH3 is 2. The van der Waals surface area contributed by atoms with Crippen LogP contribution in [0.1, 0.15) is 15.9 Å². The second-order valence-corrected chi connectivity index (χ2v) is 11.6. The van der Waals surface area contributed by atoms with Gasteiger partial charge < -0.3 is 9.47 Å². The molecule has 0 atom stereocenters. The molecule has 0 aliphatic heterocycles. The third-order valence-electron chi connectivity index (χ3n) is 5.94. The molecule has 0 aliphatic rings. The molecule has 2 heterocycles. The van der Waals surface area contributed by atoms with E-state index in [9.17, 15) is 13.2 Å². The number of aromatic nitrogens is 2. The summed E-state index contributed by atoms with van der Waals surface area (Å²) in [6, 6.07) is 19.4. The van der Waals surface area contributed by atoms with Gasteiger partial charge in [0.05, 0.1) is 35.4 Å². The molecule has 2 aromatic heterocycles. The van der Waals surface area contributed by atoms with Crippen molar-refractivity contribution in [1.29, 1.82) is 0 Å². The Morgan fingerprint density at radius 1 is 1.02 bits per heavy atom. The first-order valence-electron chi connectivity index (χ1n) is 11.9. The lowest BCUT2D eigenvalue weighted by atomic mass is 10.1. The van der Waals surface area contributed by atoms with E-state index in [0.29, 0.717) is 31.9 Å². The van der Waals surface area contributed by atoms with Crippen molar-refractivity contribution in [3.63, 3.8) is 0 Å². The highest BCUT2D eigenvalue weighted by atomic mass is 35.5. The van der Waals surface area contributed by atoms with Crippen LogP contribution >= 0.6 is 22.9 Å². The van der Waals surface area contributed by atoms with E-state index in [1.54, 1.807) is 68.0 Å². The number of amides is 1. The standard InChI is InChI=1S/C28H23ClN4O5S2/c1-37-21-8-10-22(11-9-21)40(35,36)32-20-7-3-6-19(15-20)27(34)33(17-18-5-4-14-30-16-18)28-31-25-24(38-2)13-12-23(29)26(25)39-28/h3-16,32H,17H2,1-2H3. The van der Waals surface area contributed by atoms with E-state index in [0.717, 1.165) is 5.56 Å². The second-order valence-electron chi connectivity index (χ2n) is 8.54. The smallest absolute Gasteiger partial charge is 0.261 e. The van der Waals surface area contributed by atoms with Gasteiger partial charge in [-0.3, -0.25) is 19.4 Å². The summed E-state index contributed by atoms with van der Waals surface area (Å²) in [6.45, 7) is 0.175. The van der Waals surface area contributed by atoms with Crippen LogP contribution < -0.4 is 19.1 Å². The second kappa shape index (κ2) is 11.5. The Morgan fingerprint density at radius 3 is 2.52 bits per heavy atom. The molecular weight excluding hydrogens is 572 g/mol. The van der Waals surface area contributed by atoms with E-state index in [4.69, 9.17) is 26.1 Å². The highest BCUT2D eigenvalue weighted by molar-refractivity contribution is 7.92. The number of nitrogens with one attached hydrogen (secondary N) is 1. The van der Waals surface area contributed by atoms with Gasteiger partial charge in [-0.05, 0) is 66.2 Å². The van der Waals surface area contributed by atoms with Crippen LogP contribution in [0.3, 0.4) is 0 Å². The Kier molecular flexibility index (Phi) is 7.88. The number of nitrogens with zero attached hydrogens (tertiary/aromatic N) is 3. The van der Waals surface area contributed by atoms with Crippen molar-refractivity contribution in [2.24, 2.45) is 0 Å². The molecule has 0 radical (unpaired) electrons. The average molecular weight is 595 g/mol. The third-order valence-corrected chi connectivity index (χ3v) is 8.87. The van der Waals surface area contributed by atoms with E-state index in [1.165, 1.54) is 41.5 Å². The number of carbonyl (C=O) groups excluding carboxylic acids is 1. The topological polar surface area (TPSA) is 111 Å². The molecule has 0 spiro atoms. The number of hydrogen-bond donors (Lipinski definition) is 1. The number of benzene rings is 3. The summed E-state index contributed by atoms with van der Waals surface area (Å²) in [6.07, 6.45) is 3.32. The Balaban J connectivity index is 1.50. The Hall–Kier alpha value is -4.19. The number of sulfonamides is 1. The van der Waals surface area contributed by atoms with Crippen LogP contribution in [0.4, 0.5) is 10.8 Å². The zero-order chi connectivity index (χ0) is 28.3. The van der Waals surface area contributed by atoms with Gasteiger partial charge in [0, 0.05) is 23.6 Å². The summed E-state index contributed by atoms with van der Waals surface area (Å²) >= 11 is 7.70. The predicted molar refractivity (Wildman–Crippen MR) is 156 cm³/mol. The van der Waals surface area contributed by atoms with Crippen LogP contribution in [0.15, 0.2) is 90.1 Å². The Bertz CT molecular complexity index is 1780. The normalized spacial score (nSPS) is 11.3. The van der Waals surface area contributed by atoms with Crippen LogP contribution in [0.25, 0.3) is 10.2 Å². The first-order chi connectivity index (χ1) is 19.3. The van der Waals surface area contributed by atoms with Gasteiger partial charge in [-0.2, -0.15) is 0 Å². The van der Waals surface area contributed by atoms with Crippen LogP contribution in [0, 0.1) is 0 Å². The van der Waals surface area contributed by atoms with Gasteiger partial charge in [0.15, 0.2) is 5.13 Å². The summed E-state index contributed by atoms with van der Waals surface area (Å²) in [7, 11) is -0.867. The minimum Gasteiger partial charge on any atom is -0.497 e. The highest BCUT2D eigenvalue weighted by Crippen LogP contribution is 2.39. The molecule has 0 aliphatic carbocycles. The molecule has 5 aromatic rings. The van der Waals surface area contributed by atoms with Crippen molar-refractivity contribution in [2.75, 3.05) is 23.8 Å². The molecule has 5 rings (SSSR count). The van der Waals surface area contributed by atoms with Crippen molar-refractivity contribution in [3.8, 4) is 11.5 Å². The first kappa shape index (κ1) is 27.4. The summed E-state index contributed by atoms with van der Waals surface area (Å²) in [5, 5.41) is 0.891. The largest absolute Gasteiger partial charge is 0.497 e. The molecule has 204 valence electrons. The fourth-order valence-electron chi connectivity index (χ4n) is 3.96. The van der Waals surface area contributed by atoms with Crippen molar-refractivity contribution < 1.29 is 22.7 Å². The molecule has 9 nitrogen and oxygen atoms in total. The average Bonchev–Trinajstić information content (AvgIpc) is 3.42. The number of thiazole rings is 1. The van der Waals surface area contributed by atoms with Gasteiger partial charge in [-0.15, -0.1) is 0 Å². The van der Waals surface area contributed by atoms with Crippen LogP contribution in [-0.4, -0.2) is 38.5 Å². The molecule has 3 aromatic carbocycles. The van der Waals surface area contributed by atoms with Crippen LogP contribution in [0.5, 0.6) is 11.5 Å². The summed E-state index contributed by atoms with van der Waals surface area (Å²) in [4.78, 5) is 24.4. The van der Waals surface area contributed by atoms with E-state index < -0.39 is 10.0 Å². The quantitative estimate of drug-likeness (QED) is 0.222. The maximum Gasteiger partial charge on any atom is 0.261 e. The molecule has 0 fully saturated rings. The Labute approximate surface area is 240 Å². The predicted octanol–water partition coefficient (Wildman–Crippen LogP) is 6.01. The SMILES string of the molecule is COc1ccc(S(=O)(=O)Nc2cccc(C(=O)N(Cc3cccnc3)c3nc4c(OC)ccc(Cl)c4s3)c2)cc1. The van der Waals surface area contributed by atoms with E-state index in [-0.39, 0.29) is 28.6 Å². The molecule has 1 amide bonds. The molecule has 0 unspecified atom stereocenters. The Morgan fingerprint density at radius 2 is 1.82 bits per heavy atom. The third kappa shape index (κ3) is 5.71. The van der Waals surface area contributed by atoms with E-state index >= 15 is 0 Å². The summed E-state index contributed by atoms with van der Waals surface area (Å²) in [5.74, 6) is 0.683. The zero-order valence-electron chi connectivity index (χ0n) is 21.4. The molecule has 40 heavy (non-hydrogen) atoms. The van der Waals surface area contributed by atoms with Gasteiger partial charge in [0.25, 0.3) is 15.9 Å². The van der Waals surface area contributed by atoms with Crippen molar-refractivity contribution in [2.45, 2.75) is 11.4 Å². The van der Waals surface area contributed by atoms with Gasteiger partial charge in [0.2, 0.25) is 0 Å². The number of rotatable bonds is 9. The highest BCUT2D eigenvalue weighted by Gasteiger charge is 2.24. The van der Waals surface area contributed by atoms with Gasteiger partial charge in [-0.1, -0.05) is 35.1 Å². The lowest BCUT2D eigenvalue weighted by molar-refractivity contribution is 0.0985. The lowest BCUT2D eigenvalue weighted by Crippen LogP contribution is -2.30. The first-order valence-corrected chi connectivity index (χ1v) is 14.6. The number of halogens is 1. The molecule has 0 bridgehead atoms. The van der Waals surface area contributed by atoms with Gasteiger partial charge >= 0.3 is 0 Å².